The minimum absolute atomic E-state index is 0.130. The Morgan fingerprint density at radius 1 is 1.00 bits per heavy atom. The van der Waals surface area contributed by atoms with Gasteiger partial charge in [-0.3, -0.25) is 4.79 Å². The summed E-state index contributed by atoms with van der Waals surface area (Å²) in [4.78, 5) is 19.2. The van der Waals surface area contributed by atoms with Gasteiger partial charge in [0.15, 0.2) is 0 Å². The van der Waals surface area contributed by atoms with Crippen LogP contribution in [-0.2, 0) is 24.3 Å². The van der Waals surface area contributed by atoms with E-state index in [4.69, 9.17) is 0 Å². The van der Waals surface area contributed by atoms with Gasteiger partial charge in [-0.15, -0.1) is 0 Å². The van der Waals surface area contributed by atoms with Crippen molar-refractivity contribution in [3.8, 4) is 0 Å². The van der Waals surface area contributed by atoms with E-state index in [1.807, 2.05) is 37.3 Å². The number of imidazole rings is 1. The molecule has 30 heavy (non-hydrogen) atoms. The quantitative estimate of drug-likeness (QED) is 0.540. The Morgan fingerprint density at radius 2 is 1.77 bits per heavy atom. The Bertz CT molecular complexity index is 932. The molecule has 0 aliphatic carbocycles. The third kappa shape index (κ3) is 5.59. The number of carbonyl (C=O) groups excluding carboxylic acids is 1. The van der Waals surface area contributed by atoms with Gasteiger partial charge in [-0.2, -0.15) is 0 Å². The van der Waals surface area contributed by atoms with E-state index in [0.29, 0.717) is 5.91 Å². The Kier molecular flexibility index (Phi) is 7.83. The molecule has 1 saturated heterocycles. The summed E-state index contributed by atoms with van der Waals surface area (Å²) in [6, 6.07) is 18.9. The van der Waals surface area contributed by atoms with Crippen molar-refractivity contribution in [2.75, 3.05) is 6.54 Å². The van der Waals surface area contributed by atoms with Gasteiger partial charge in [0.05, 0.1) is 6.33 Å². The van der Waals surface area contributed by atoms with Crippen LogP contribution < -0.4 is 0 Å². The van der Waals surface area contributed by atoms with Crippen LogP contribution >= 0.6 is 0 Å². The summed E-state index contributed by atoms with van der Waals surface area (Å²) in [5.74, 6) is 0.431. The molecule has 1 aromatic heterocycles. The van der Waals surface area contributed by atoms with Crippen molar-refractivity contribution >= 4 is 5.91 Å². The van der Waals surface area contributed by atoms with E-state index in [9.17, 15) is 4.79 Å². The maximum Gasteiger partial charge on any atom is 0.226 e. The lowest BCUT2D eigenvalue weighted by Crippen LogP contribution is -2.27. The van der Waals surface area contributed by atoms with Crippen molar-refractivity contribution in [3.05, 3.63) is 89.5 Å². The van der Waals surface area contributed by atoms with Crippen LogP contribution in [0.3, 0.4) is 0 Å². The van der Waals surface area contributed by atoms with E-state index in [1.165, 1.54) is 22.4 Å². The third-order valence-corrected chi connectivity index (χ3v) is 5.61. The van der Waals surface area contributed by atoms with Crippen molar-refractivity contribution in [3.63, 3.8) is 0 Å². The summed E-state index contributed by atoms with van der Waals surface area (Å²) >= 11 is 0. The van der Waals surface area contributed by atoms with Crippen LogP contribution in [0.1, 0.15) is 49.1 Å². The number of likely N-dealkylation sites (tertiary alicyclic amines) is 1. The van der Waals surface area contributed by atoms with Crippen molar-refractivity contribution in [1.82, 2.24) is 14.5 Å². The first-order valence-corrected chi connectivity index (χ1v) is 11.1. The zero-order valence-electron chi connectivity index (χ0n) is 18.4. The van der Waals surface area contributed by atoms with Crippen molar-refractivity contribution in [1.29, 1.82) is 0 Å². The van der Waals surface area contributed by atoms with Crippen LogP contribution in [0.2, 0.25) is 0 Å². The Morgan fingerprint density at radius 3 is 2.53 bits per heavy atom. The van der Waals surface area contributed by atoms with Gasteiger partial charge in [0.1, 0.15) is 0 Å². The number of aromatic nitrogens is 2. The maximum absolute atomic E-state index is 12.8. The fourth-order valence-electron chi connectivity index (χ4n) is 4.06. The van der Waals surface area contributed by atoms with E-state index in [1.54, 1.807) is 0 Å². The molecule has 4 rings (SSSR count). The predicted octanol–water partition coefficient (Wildman–Crippen LogP) is 5.25. The molecule has 158 valence electrons. The number of aryl methyl sites for hydroxylation is 2. The molecule has 4 heteroatoms. The Hall–Kier alpha value is -2.88. The highest BCUT2D eigenvalue weighted by Crippen LogP contribution is 2.25. The summed E-state index contributed by atoms with van der Waals surface area (Å²) in [6.07, 6.45) is 6.57. The van der Waals surface area contributed by atoms with Gasteiger partial charge in [0, 0.05) is 37.4 Å². The summed E-state index contributed by atoms with van der Waals surface area (Å²) in [5.41, 5.74) is 4.93. The molecule has 2 aromatic carbocycles. The second-order valence-electron chi connectivity index (χ2n) is 7.77. The number of nitrogens with zero attached hydrogens (tertiary/aromatic N) is 3. The zero-order chi connectivity index (χ0) is 21.3. The molecule has 0 unspecified atom stereocenters. The number of amides is 1. The largest absolute Gasteiger partial charge is 0.338 e. The fourth-order valence-corrected chi connectivity index (χ4v) is 4.06. The van der Waals surface area contributed by atoms with E-state index in [2.05, 4.69) is 65.0 Å². The zero-order valence-corrected chi connectivity index (χ0v) is 18.4. The Labute approximate surface area is 180 Å². The molecular weight excluding hydrogens is 370 g/mol. The number of hydrogen-bond donors (Lipinski definition) is 0. The molecule has 1 amide bonds. The normalized spacial score (nSPS) is 15.8. The van der Waals surface area contributed by atoms with Crippen molar-refractivity contribution < 1.29 is 4.79 Å². The van der Waals surface area contributed by atoms with E-state index in [-0.39, 0.29) is 5.92 Å². The van der Waals surface area contributed by atoms with Gasteiger partial charge in [0.2, 0.25) is 5.91 Å². The number of carbonyl (C=O) groups is 1. The van der Waals surface area contributed by atoms with E-state index >= 15 is 0 Å². The number of hydrogen-bond acceptors (Lipinski definition) is 2. The average Bonchev–Trinajstić information content (AvgIpc) is 3.35. The molecule has 0 saturated carbocycles. The minimum atomic E-state index is 0.130. The van der Waals surface area contributed by atoms with Gasteiger partial charge >= 0.3 is 0 Å². The first-order chi connectivity index (χ1) is 14.7. The highest BCUT2D eigenvalue weighted by atomic mass is 16.2. The monoisotopic (exact) mass is 403 g/mol. The van der Waals surface area contributed by atoms with Crippen LogP contribution in [0.4, 0.5) is 0 Å². The molecule has 0 spiro atoms. The molecular formula is C26H33N3O. The molecule has 1 fully saturated rings. The van der Waals surface area contributed by atoms with Gasteiger partial charge in [-0.25, -0.2) is 4.98 Å². The lowest BCUT2D eigenvalue weighted by atomic mass is 10.0. The molecule has 2 heterocycles. The lowest BCUT2D eigenvalue weighted by Gasteiger charge is -2.17. The van der Waals surface area contributed by atoms with Gasteiger partial charge in [0.25, 0.3) is 0 Å². The molecule has 0 N–H and O–H groups in total. The number of benzene rings is 2. The SMILES string of the molecule is CC.Cc1cccc(CN2CC[C@H](CCc3cncn3Cc3ccccc3)C2=O)c1. The van der Waals surface area contributed by atoms with Crippen LogP contribution in [0.5, 0.6) is 0 Å². The average molecular weight is 404 g/mol. The highest BCUT2D eigenvalue weighted by Gasteiger charge is 2.31. The molecule has 1 aliphatic rings. The van der Waals surface area contributed by atoms with Crippen molar-refractivity contribution in [2.45, 2.75) is 53.1 Å². The van der Waals surface area contributed by atoms with Crippen LogP contribution in [0.25, 0.3) is 0 Å². The van der Waals surface area contributed by atoms with Gasteiger partial charge in [-0.05, 0) is 37.3 Å². The predicted molar refractivity (Wildman–Crippen MR) is 122 cm³/mol. The Balaban J connectivity index is 0.00000124. The topological polar surface area (TPSA) is 38.1 Å². The van der Waals surface area contributed by atoms with Gasteiger partial charge < -0.3 is 9.47 Å². The van der Waals surface area contributed by atoms with Gasteiger partial charge in [-0.1, -0.05) is 74.0 Å². The van der Waals surface area contributed by atoms with Crippen LogP contribution in [0, 0.1) is 12.8 Å². The number of rotatable bonds is 7. The summed E-state index contributed by atoms with van der Waals surface area (Å²) in [6.45, 7) is 8.51. The molecule has 0 radical (unpaired) electrons. The molecule has 4 nitrogen and oxygen atoms in total. The fraction of sp³-hybridized carbons (Fsp3) is 0.385. The maximum atomic E-state index is 12.8. The minimum Gasteiger partial charge on any atom is -0.338 e. The summed E-state index contributed by atoms with van der Waals surface area (Å²) < 4.78 is 2.19. The van der Waals surface area contributed by atoms with Crippen molar-refractivity contribution in [2.24, 2.45) is 5.92 Å². The molecule has 1 atom stereocenters. The molecule has 0 bridgehead atoms. The van der Waals surface area contributed by atoms with E-state index in [0.717, 1.165) is 38.9 Å². The van der Waals surface area contributed by atoms with E-state index < -0.39 is 0 Å². The molecule has 3 aromatic rings. The van der Waals surface area contributed by atoms with Crippen LogP contribution in [-0.4, -0.2) is 26.9 Å². The smallest absolute Gasteiger partial charge is 0.226 e. The second kappa shape index (κ2) is 10.8. The summed E-state index contributed by atoms with van der Waals surface area (Å²) in [7, 11) is 0. The standard InChI is InChI=1S/C24H27N3O.C2H6/c1-19-6-5-9-21(14-19)17-26-13-12-22(24(26)28)10-11-23-15-25-18-27(23)16-20-7-3-2-4-8-20;1-2/h2-9,14-15,18,22H,10-13,16-17H2,1H3;1-2H3/t22-;/m0./s1. The first-order valence-electron chi connectivity index (χ1n) is 11.1. The second-order valence-corrected chi connectivity index (χ2v) is 7.77. The lowest BCUT2D eigenvalue weighted by molar-refractivity contribution is -0.131. The third-order valence-electron chi connectivity index (χ3n) is 5.61. The highest BCUT2D eigenvalue weighted by molar-refractivity contribution is 5.80. The summed E-state index contributed by atoms with van der Waals surface area (Å²) in [5, 5.41) is 0. The first kappa shape index (κ1) is 21.8. The van der Waals surface area contributed by atoms with Crippen LogP contribution in [0.15, 0.2) is 67.1 Å². The molecule has 1 aliphatic heterocycles.